The second kappa shape index (κ2) is 10.0. The Kier molecular flexibility index (Phi) is 6.65. The number of nitrogens with zero attached hydrogens (tertiary/aromatic N) is 5. The number of likely N-dealkylation sites (tertiary alicyclic amines) is 1. The molecular formula is C31H39N7O2. The Morgan fingerprint density at radius 1 is 1.18 bits per heavy atom. The number of aryl methyl sites for hydroxylation is 1. The third-order valence-electron chi connectivity index (χ3n) is 7.90. The quantitative estimate of drug-likeness (QED) is 0.324. The van der Waals surface area contributed by atoms with Crippen molar-refractivity contribution in [2.24, 2.45) is 0 Å². The molecule has 0 bridgehead atoms. The molecule has 40 heavy (non-hydrogen) atoms. The molecule has 9 heteroatoms. The van der Waals surface area contributed by atoms with Crippen LogP contribution in [0.5, 0.6) is 0 Å². The number of H-pyrrole nitrogens is 1. The molecule has 3 aromatic heterocycles. The molecule has 9 nitrogen and oxygen atoms in total. The van der Waals surface area contributed by atoms with Crippen LogP contribution in [-0.4, -0.2) is 60.5 Å². The third kappa shape index (κ3) is 4.98. The molecule has 1 aliphatic heterocycles. The standard InChI is InChI=1S/C31H39N7O2/c1-18(2)38-19(3)25(15-33-38)28-35-27-24(12-13-32-29(27)36-28)21-10-11-23-20(14-21)8-7-9-26(23)34-30(39)37-16-22(17-37)40-31(4,5)6/h10-15,18,22,26H,7-9,16-17H2,1-6H3,(H,34,39)(H,32,35,36). The van der Waals surface area contributed by atoms with E-state index in [1.165, 1.54) is 11.1 Å². The van der Waals surface area contributed by atoms with Crippen LogP contribution in [0.2, 0.25) is 0 Å². The fraction of sp³-hybridized carbons (Fsp3) is 0.484. The SMILES string of the molecule is Cc1c(-c2nc3nccc(-c4ccc5c(c4)CCCC5NC(=O)N4CC(OC(C)(C)C)C4)c3[nH]2)cnn1C(C)C. The average Bonchev–Trinajstić information content (AvgIpc) is 3.48. The third-order valence-corrected chi connectivity index (χ3v) is 7.90. The second-order valence-corrected chi connectivity index (χ2v) is 12.4. The molecule has 2 amide bonds. The van der Waals surface area contributed by atoms with Gasteiger partial charge in [-0.2, -0.15) is 5.10 Å². The molecule has 1 aromatic carbocycles. The summed E-state index contributed by atoms with van der Waals surface area (Å²) in [6.45, 7) is 13.8. The summed E-state index contributed by atoms with van der Waals surface area (Å²) < 4.78 is 8.00. The number of imidazole rings is 1. The van der Waals surface area contributed by atoms with Gasteiger partial charge in [-0.1, -0.05) is 18.2 Å². The number of carbonyl (C=O) groups excluding carboxylic acids is 1. The number of fused-ring (bicyclic) bond motifs is 2. The van der Waals surface area contributed by atoms with Gasteiger partial charge in [0.1, 0.15) is 5.82 Å². The molecule has 1 fully saturated rings. The van der Waals surface area contributed by atoms with E-state index in [9.17, 15) is 4.79 Å². The van der Waals surface area contributed by atoms with Gasteiger partial charge in [-0.05, 0) is 83.6 Å². The molecule has 1 saturated heterocycles. The maximum absolute atomic E-state index is 13.0. The number of urea groups is 1. The minimum Gasteiger partial charge on any atom is -0.369 e. The highest BCUT2D eigenvalue weighted by Crippen LogP contribution is 2.36. The van der Waals surface area contributed by atoms with Gasteiger partial charge in [0, 0.05) is 23.5 Å². The number of aromatic amines is 1. The maximum atomic E-state index is 13.0. The van der Waals surface area contributed by atoms with Crippen LogP contribution in [0, 0.1) is 6.92 Å². The van der Waals surface area contributed by atoms with E-state index in [2.05, 4.69) is 59.4 Å². The summed E-state index contributed by atoms with van der Waals surface area (Å²) in [6.07, 6.45) is 6.78. The average molecular weight is 542 g/mol. The Morgan fingerprint density at radius 3 is 2.70 bits per heavy atom. The Balaban J connectivity index is 1.22. The van der Waals surface area contributed by atoms with E-state index in [0.29, 0.717) is 18.7 Å². The Bertz CT molecular complexity index is 1560. The molecule has 2 N–H and O–H groups in total. The Hall–Kier alpha value is -3.72. The van der Waals surface area contributed by atoms with Crippen molar-refractivity contribution in [3.63, 3.8) is 0 Å². The maximum Gasteiger partial charge on any atom is 0.318 e. The lowest BCUT2D eigenvalue weighted by Gasteiger charge is -2.42. The van der Waals surface area contributed by atoms with Gasteiger partial charge in [0.25, 0.3) is 0 Å². The van der Waals surface area contributed by atoms with Gasteiger partial charge in [-0.25, -0.2) is 14.8 Å². The lowest BCUT2D eigenvalue weighted by atomic mass is 9.85. The zero-order chi connectivity index (χ0) is 28.2. The summed E-state index contributed by atoms with van der Waals surface area (Å²) in [7, 11) is 0. The monoisotopic (exact) mass is 541 g/mol. The van der Waals surface area contributed by atoms with E-state index < -0.39 is 0 Å². The molecule has 4 aromatic rings. The Morgan fingerprint density at radius 2 is 1.98 bits per heavy atom. The van der Waals surface area contributed by atoms with Crippen molar-refractivity contribution in [2.75, 3.05) is 13.1 Å². The molecular weight excluding hydrogens is 502 g/mol. The first-order chi connectivity index (χ1) is 19.1. The van der Waals surface area contributed by atoms with E-state index in [0.717, 1.165) is 53.0 Å². The lowest BCUT2D eigenvalue weighted by Crippen LogP contribution is -2.59. The van der Waals surface area contributed by atoms with Crippen molar-refractivity contribution in [1.29, 1.82) is 0 Å². The summed E-state index contributed by atoms with van der Waals surface area (Å²) in [6, 6.07) is 8.92. The van der Waals surface area contributed by atoms with Crippen molar-refractivity contribution in [1.82, 2.24) is 34.9 Å². The number of hydrogen-bond acceptors (Lipinski definition) is 5. The molecule has 210 valence electrons. The zero-order valence-corrected chi connectivity index (χ0v) is 24.3. The van der Waals surface area contributed by atoms with Gasteiger partial charge in [0.05, 0.1) is 48.1 Å². The van der Waals surface area contributed by atoms with Crippen LogP contribution in [-0.2, 0) is 11.2 Å². The van der Waals surface area contributed by atoms with Crippen LogP contribution < -0.4 is 5.32 Å². The van der Waals surface area contributed by atoms with Gasteiger partial charge in [0.2, 0.25) is 0 Å². The predicted octanol–water partition coefficient (Wildman–Crippen LogP) is 5.96. The number of rotatable bonds is 5. The first-order valence-corrected chi connectivity index (χ1v) is 14.3. The number of aromatic nitrogens is 5. The van der Waals surface area contributed by atoms with Gasteiger partial charge in [0.15, 0.2) is 5.65 Å². The summed E-state index contributed by atoms with van der Waals surface area (Å²) in [4.78, 5) is 27.7. The molecule has 1 aliphatic carbocycles. The number of ether oxygens (including phenoxy) is 1. The van der Waals surface area contributed by atoms with Gasteiger partial charge >= 0.3 is 6.03 Å². The number of pyridine rings is 1. The van der Waals surface area contributed by atoms with Gasteiger partial charge < -0.3 is 19.9 Å². The van der Waals surface area contributed by atoms with Crippen molar-refractivity contribution in [2.45, 2.75) is 84.6 Å². The molecule has 2 aliphatic rings. The first kappa shape index (κ1) is 26.5. The molecule has 1 unspecified atom stereocenters. The van der Waals surface area contributed by atoms with Crippen molar-refractivity contribution >= 4 is 17.2 Å². The summed E-state index contributed by atoms with van der Waals surface area (Å²) in [5.41, 5.74) is 8.15. The highest BCUT2D eigenvalue weighted by molar-refractivity contribution is 5.91. The molecule has 0 radical (unpaired) electrons. The molecule has 1 atom stereocenters. The number of nitrogens with one attached hydrogen (secondary N) is 2. The number of benzene rings is 1. The van der Waals surface area contributed by atoms with Crippen molar-refractivity contribution in [3.8, 4) is 22.5 Å². The van der Waals surface area contributed by atoms with Gasteiger partial charge in [-0.15, -0.1) is 0 Å². The largest absolute Gasteiger partial charge is 0.369 e. The van der Waals surface area contributed by atoms with Crippen LogP contribution >= 0.6 is 0 Å². The number of carbonyl (C=O) groups is 1. The molecule has 0 spiro atoms. The predicted molar refractivity (Wildman–Crippen MR) is 156 cm³/mol. The van der Waals surface area contributed by atoms with Crippen molar-refractivity contribution in [3.05, 3.63) is 53.5 Å². The highest BCUT2D eigenvalue weighted by atomic mass is 16.5. The minimum atomic E-state index is -0.193. The zero-order valence-electron chi connectivity index (χ0n) is 24.3. The van der Waals surface area contributed by atoms with Crippen LogP contribution in [0.4, 0.5) is 4.79 Å². The normalized spacial score (nSPS) is 17.8. The summed E-state index contributed by atoms with van der Waals surface area (Å²) in [5, 5.41) is 7.84. The molecule has 0 saturated carbocycles. The molecule has 6 rings (SSSR count). The smallest absolute Gasteiger partial charge is 0.318 e. The summed E-state index contributed by atoms with van der Waals surface area (Å²) in [5.74, 6) is 0.779. The molecule has 4 heterocycles. The van der Waals surface area contributed by atoms with Crippen LogP contribution in [0.1, 0.15) is 76.4 Å². The lowest BCUT2D eigenvalue weighted by molar-refractivity contribution is -0.111. The van der Waals surface area contributed by atoms with E-state index in [4.69, 9.17) is 9.72 Å². The van der Waals surface area contributed by atoms with Crippen molar-refractivity contribution < 1.29 is 9.53 Å². The van der Waals surface area contributed by atoms with E-state index in [-0.39, 0.29) is 29.8 Å². The van der Waals surface area contributed by atoms with E-state index >= 15 is 0 Å². The minimum absolute atomic E-state index is 0.00685. The topological polar surface area (TPSA) is 101 Å². The first-order valence-electron chi connectivity index (χ1n) is 14.3. The van der Waals surface area contributed by atoms with E-state index in [1.54, 1.807) is 0 Å². The van der Waals surface area contributed by atoms with Gasteiger partial charge in [-0.3, -0.25) is 4.68 Å². The fourth-order valence-electron chi connectivity index (χ4n) is 6.01. The fourth-order valence-corrected chi connectivity index (χ4v) is 6.01. The highest BCUT2D eigenvalue weighted by Gasteiger charge is 2.35. The van der Waals surface area contributed by atoms with Crippen LogP contribution in [0.3, 0.4) is 0 Å². The number of hydrogen-bond donors (Lipinski definition) is 2. The van der Waals surface area contributed by atoms with Crippen LogP contribution in [0.15, 0.2) is 36.7 Å². The summed E-state index contributed by atoms with van der Waals surface area (Å²) >= 11 is 0. The Labute approximate surface area is 235 Å². The van der Waals surface area contributed by atoms with Crippen LogP contribution in [0.25, 0.3) is 33.7 Å². The second-order valence-electron chi connectivity index (χ2n) is 12.4. The van der Waals surface area contributed by atoms with E-state index in [1.807, 2.05) is 48.8 Å². The number of amides is 2.